The minimum absolute atomic E-state index is 0. The van der Waals surface area contributed by atoms with Crippen molar-refractivity contribution in [3.05, 3.63) is 369 Å². The number of rotatable bonds is 34. The fourth-order valence-corrected chi connectivity index (χ4v) is 28.7. The van der Waals surface area contributed by atoms with E-state index in [-0.39, 0.29) is 60.2 Å². The van der Waals surface area contributed by atoms with Crippen LogP contribution in [0.2, 0.25) is 0 Å². The first-order valence-electron chi connectivity index (χ1n) is 55.3. The molecule has 0 nitrogen and oxygen atoms in total. The molecule has 16 aromatic rings. The van der Waals surface area contributed by atoms with E-state index in [0.29, 0.717) is 0 Å². The number of fused-ring (bicyclic) bond motifs is 25. The lowest BCUT2D eigenvalue weighted by Gasteiger charge is -2.33. The lowest BCUT2D eigenvalue weighted by atomic mass is 9.70. The smallest absolute Gasteiger partial charge is 0.0215 e. The van der Waals surface area contributed by atoms with Crippen LogP contribution in [0.15, 0.2) is 291 Å². The van der Waals surface area contributed by atoms with Crippen LogP contribution in [0.5, 0.6) is 0 Å². The topological polar surface area (TPSA) is 0 Å². The summed E-state index contributed by atoms with van der Waals surface area (Å²) in [5.41, 5.74) is 54.6. The van der Waals surface area contributed by atoms with Crippen molar-refractivity contribution in [2.24, 2.45) is 0 Å². The molecule has 0 spiro atoms. The van der Waals surface area contributed by atoms with Crippen molar-refractivity contribution < 1.29 is 0 Å². The highest BCUT2D eigenvalue weighted by atomic mass is 14.5. The van der Waals surface area contributed by atoms with Gasteiger partial charge in [-0.25, -0.2) is 0 Å². The molecule has 0 bridgehead atoms. The van der Waals surface area contributed by atoms with E-state index in [0.717, 1.165) is 0 Å². The maximum atomic E-state index is 2.65. The van der Waals surface area contributed by atoms with Crippen LogP contribution >= 0.6 is 0 Å². The van der Waals surface area contributed by atoms with Gasteiger partial charge >= 0.3 is 0 Å². The molecule has 144 heavy (non-hydrogen) atoms. The van der Waals surface area contributed by atoms with Crippen LogP contribution in [0.3, 0.4) is 0 Å². The molecule has 0 heteroatoms. The third-order valence-corrected chi connectivity index (χ3v) is 36.7. The highest BCUT2D eigenvalue weighted by Gasteiger charge is 2.49. The summed E-state index contributed by atoms with van der Waals surface area (Å²) in [5, 5.41) is 5.27. The summed E-state index contributed by atoms with van der Waals surface area (Å²) >= 11 is 0. The van der Waals surface area contributed by atoms with Gasteiger partial charge in [-0.1, -0.05) is 492 Å². The Morgan fingerprint density at radius 3 is 0.653 bits per heavy atom. The highest BCUT2D eigenvalue weighted by Crippen LogP contribution is 2.65. The van der Waals surface area contributed by atoms with Crippen molar-refractivity contribution in [1.82, 2.24) is 0 Å². The van der Waals surface area contributed by atoms with E-state index in [4.69, 9.17) is 0 Å². The second kappa shape index (κ2) is 39.1. The van der Waals surface area contributed by atoms with Crippen LogP contribution in [0.25, 0.3) is 166 Å². The van der Waals surface area contributed by atoms with E-state index in [2.05, 4.69) is 388 Å². The fraction of sp³-hybridized carbons (Fsp3) is 0.361. The van der Waals surface area contributed by atoms with Gasteiger partial charge in [0.2, 0.25) is 0 Å². The molecule has 734 valence electrons. The summed E-state index contributed by atoms with van der Waals surface area (Å²) in [6, 6.07) is 117. The largest absolute Gasteiger partial charge is 0.0776 e. The first kappa shape index (κ1) is 99.4. The zero-order valence-electron chi connectivity index (χ0n) is 87.0. The van der Waals surface area contributed by atoms with Gasteiger partial charge in [0, 0.05) is 37.9 Å². The first-order chi connectivity index (χ1) is 68.5. The van der Waals surface area contributed by atoms with Gasteiger partial charge in [0.15, 0.2) is 0 Å². The van der Waals surface area contributed by atoms with Gasteiger partial charge in [0.1, 0.15) is 0 Å². The quantitative estimate of drug-likeness (QED) is 0.0353. The van der Waals surface area contributed by atoms with E-state index < -0.39 is 0 Å². The predicted octanol–water partition coefficient (Wildman–Crippen LogP) is 43.0. The van der Waals surface area contributed by atoms with Crippen molar-refractivity contribution in [2.75, 3.05) is 0 Å². The summed E-state index contributed by atoms with van der Waals surface area (Å²) in [6.07, 6.45) is 36.8. The molecule has 0 unspecified atom stereocenters. The first-order valence-corrected chi connectivity index (χ1v) is 55.3. The van der Waals surface area contributed by atoms with Crippen molar-refractivity contribution in [3.8, 4) is 145 Å². The number of hydrogen-bond donors (Lipinski definition) is 0. The van der Waals surface area contributed by atoms with Crippen LogP contribution in [-0.2, 0) is 37.9 Å². The summed E-state index contributed by atoms with van der Waals surface area (Å²) in [5.74, 6) is 0. The van der Waals surface area contributed by atoms with E-state index in [1.165, 1.54) is 402 Å². The molecule has 0 amide bonds. The van der Waals surface area contributed by atoms with Crippen molar-refractivity contribution in [2.45, 2.75) is 337 Å². The molecule has 0 saturated heterocycles. The molecule has 0 saturated carbocycles. The molecule has 0 radical (unpaired) electrons. The fourth-order valence-electron chi connectivity index (χ4n) is 28.7. The summed E-state index contributed by atoms with van der Waals surface area (Å²) in [4.78, 5) is 0. The molecule has 0 heterocycles. The molecule has 7 aliphatic carbocycles. The average molecular weight is 1890 g/mol. The SMILES string of the molecule is C.C.C.CCCCCCCCC1(CCCCCCCC)c2ccccc2-c2ccc(-c3ccc4c(c3)C(C)(C)c3cc(-c5ccc(-c6cc7c(c8ccccc68)-c6cc8c(cc6C7(C)C)-c6cc7c(cc6C8(C)C)-c6c(cc(-c8ccc(-c9ccc%10c(c9)C(C)(C)c9cc(-c%11ccc%12c(c%11)C(CCCCCCCC)(CCCCCCCC)c%11ccccc%11-%12)ccc9-%10)cc8)c8ccccc68)C7(C)C)cc5)ccc3-4)cc21. The lowest BCUT2D eigenvalue weighted by molar-refractivity contribution is 0.398. The Morgan fingerprint density at radius 2 is 0.347 bits per heavy atom. The van der Waals surface area contributed by atoms with E-state index >= 15 is 0 Å². The zero-order valence-corrected chi connectivity index (χ0v) is 87.0. The molecule has 23 rings (SSSR count). The normalized spacial score (nSPS) is 15.5. The maximum Gasteiger partial charge on any atom is 0.0215 e. The van der Waals surface area contributed by atoms with Gasteiger partial charge < -0.3 is 0 Å². The summed E-state index contributed by atoms with van der Waals surface area (Å²) in [6.45, 7) is 34.2. The standard InChI is InChI=1S/C141H146.3CH4/c1-15-19-23-27-31-43-75-140(76-44-32-28-24-20-16-2)119-53-41-39-49-103(119)109-73-67-99(83-129(109)140)97-65-71-107-105-69-63-95(79-121(105)135(5,6)123(107)81-97)91-55-59-93(60-56-91)113-85-131-133(111-51-37-35-47-101(111)113)117-89-125-115(87-127(117)138(131,11)12)116-88-128-118(90-126(116)137(125,9)10)134-112-52-38-36-48-102(112)114(86-132(134)139(128,13)14)94-61-57-92(58-62-94)96-64-70-106-108-72-66-98(82-124(108)136(7,8)122(106)80-96)100-68-74-110-104-50-40-42-54-120(104)141(130(110)84-100,77-45-33-29-25-21-17-3)78-46-34-30-26-22-18-4;;;/h35-42,47-74,79-90H,15-34,43-46,75-78H2,1-14H3;3*1H4. The second-order valence-electron chi connectivity index (χ2n) is 46.8. The molecule has 16 aromatic carbocycles. The second-order valence-corrected chi connectivity index (χ2v) is 46.8. The van der Waals surface area contributed by atoms with Crippen molar-refractivity contribution >= 4 is 21.5 Å². The summed E-state index contributed by atoms with van der Waals surface area (Å²) in [7, 11) is 0. The Hall–Kier alpha value is -12.0. The monoisotopic (exact) mass is 1890 g/mol. The van der Waals surface area contributed by atoms with Crippen LogP contribution in [0, 0.1) is 0 Å². The van der Waals surface area contributed by atoms with Crippen LogP contribution < -0.4 is 0 Å². The Bertz CT molecular complexity index is 7120. The number of hydrogen-bond acceptors (Lipinski definition) is 0. The minimum Gasteiger partial charge on any atom is -0.0776 e. The van der Waals surface area contributed by atoms with Crippen molar-refractivity contribution in [1.29, 1.82) is 0 Å². The maximum absolute atomic E-state index is 2.65. The third-order valence-electron chi connectivity index (χ3n) is 36.7. The lowest BCUT2D eigenvalue weighted by Crippen LogP contribution is -2.25. The zero-order chi connectivity index (χ0) is 96.6. The van der Waals surface area contributed by atoms with Gasteiger partial charge in [0.25, 0.3) is 0 Å². The molecular formula is C144H158. The molecule has 0 N–H and O–H groups in total. The third kappa shape index (κ3) is 16.2. The van der Waals surface area contributed by atoms with Crippen LogP contribution in [0.4, 0.5) is 0 Å². The molecule has 0 fully saturated rings. The van der Waals surface area contributed by atoms with Gasteiger partial charge in [-0.15, -0.1) is 0 Å². The minimum atomic E-state index is -0.261. The average Bonchev–Trinajstić information content (AvgIpc) is 1.51. The number of benzene rings is 16. The van der Waals surface area contributed by atoms with Crippen LogP contribution in [-0.4, -0.2) is 0 Å². The molecular weight excluding hydrogens is 1730 g/mol. The van der Waals surface area contributed by atoms with Gasteiger partial charge in [0.05, 0.1) is 0 Å². The molecule has 7 aliphatic rings. The van der Waals surface area contributed by atoms with Gasteiger partial charge in [-0.3, -0.25) is 0 Å². The summed E-state index contributed by atoms with van der Waals surface area (Å²) < 4.78 is 0. The Balaban J connectivity index is 0.00000422. The molecule has 0 aliphatic heterocycles. The molecule has 0 aromatic heterocycles. The van der Waals surface area contributed by atoms with Gasteiger partial charge in [-0.05, 0) is 343 Å². The van der Waals surface area contributed by atoms with E-state index in [1.54, 1.807) is 22.3 Å². The van der Waals surface area contributed by atoms with E-state index in [9.17, 15) is 0 Å². The van der Waals surface area contributed by atoms with Gasteiger partial charge in [-0.2, -0.15) is 0 Å². The van der Waals surface area contributed by atoms with Crippen LogP contribution in [0.1, 0.15) is 377 Å². The Labute approximate surface area is 865 Å². The predicted molar refractivity (Wildman–Crippen MR) is 626 cm³/mol. The van der Waals surface area contributed by atoms with Crippen molar-refractivity contribution in [3.63, 3.8) is 0 Å². The number of unbranched alkanes of at least 4 members (excludes halogenated alkanes) is 20. The Kier molecular flexibility index (Phi) is 27.0. The highest BCUT2D eigenvalue weighted by molar-refractivity contribution is 6.12. The Morgan fingerprint density at radius 1 is 0.146 bits per heavy atom. The molecule has 0 atom stereocenters. The van der Waals surface area contributed by atoms with E-state index in [1.807, 2.05) is 0 Å².